The SMILES string of the molecule is CC1CN(c2ccncc2)CC(CCl)O1. The fraction of sp³-hybridized carbons (Fsp3) is 0.545. The van der Waals surface area contributed by atoms with Crippen LogP contribution in [0.5, 0.6) is 0 Å². The van der Waals surface area contributed by atoms with E-state index < -0.39 is 0 Å². The van der Waals surface area contributed by atoms with Crippen molar-refractivity contribution in [2.24, 2.45) is 0 Å². The van der Waals surface area contributed by atoms with Crippen LogP contribution >= 0.6 is 11.6 Å². The van der Waals surface area contributed by atoms with Gasteiger partial charge in [0.2, 0.25) is 0 Å². The van der Waals surface area contributed by atoms with Gasteiger partial charge in [0.05, 0.1) is 18.1 Å². The molecule has 0 saturated carbocycles. The maximum absolute atomic E-state index is 5.83. The quantitative estimate of drug-likeness (QED) is 0.721. The average molecular weight is 227 g/mol. The molecule has 2 atom stereocenters. The van der Waals surface area contributed by atoms with Crippen LogP contribution in [0.1, 0.15) is 6.92 Å². The number of nitrogens with zero attached hydrogens (tertiary/aromatic N) is 2. The molecule has 0 aliphatic carbocycles. The van der Waals surface area contributed by atoms with Gasteiger partial charge >= 0.3 is 0 Å². The van der Waals surface area contributed by atoms with E-state index in [2.05, 4.69) is 16.8 Å². The maximum Gasteiger partial charge on any atom is 0.0889 e. The van der Waals surface area contributed by atoms with E-state index in [1.54, 1.807) is 0 Å². The van der Waals surface area contributed by atoms with Crippen LogP contribution in [0, 0.1) is 0 Å². The van der Waals surface area contributed by atoms with Gasteiger partial charge in [-0.25, -0.2) is 0 Å². The summed E-state index contributed by atoms with van der Waals surface area (Å²) in [4.78, 5) is 6.31. The highest BCUT2D eigenvalue weighted by atomic mass is 35.5. The van der Waals surface area contributed by atoms with Crippen LogP contribution < -0.4 is 4.90 Å². The summed E-state index contributed by atoms with van der Waals surface area (Å²) in [6.45, 7) is 3.85. The lowest BCUT2D eigenvalue weighted by molar-refractivity contribution is -0.00333. The molecule has 0 aromatic carbocycles. The third kappa shape index (κ3) is 2.61. The number of pyridine rings is 1. The highest BCUT2D eigenvalue weighted by Gasteiger charge is 2.24. The van der Waals surface area contributed by atoms with Crippen LogP contribution in [0.3, 0.4) is 0 Å². The lowest BCUT2D eigenvalue weighted by atomic mass is 10.2. The molecule has 1 aromatic heterocycles. The first-order valence-corrected chi connectivity index (χ1v) is 5.69. The van der Waals surface area contributed by atoms with Crippen molar-refractivity contribution in [3.05, 3.63) is 24.5 Å². The van der Waals surface area contributed by atoms with E-state index in [1.165, 1.54) is 5.69 Å². The van der Waals surface area contributed by atoms with E-state index in [0.717, 1.165) is 13.1 Å². The van der Waals surface area contributed by atoms with Crippen molar-refractivity contribution in [2.45, 2.75) is 19.1 Å². The molecule has 4 heteroatoms. The summed E-state index contributed by atoms with van der Waals surface area (Å²) in [6.07, 6.45) is 3.98. The minimum Gasteiger partial charge on any atom is -0.370 e. The first-order valence-electron chi connectivity index (χ1n) is 5.16. The smallest absolute Gasteiger partial charge is 0.0889 e. The number of morpholine rings is 1. The summed E-state index contributed by atoms with van der Waals surface area (Å²) in [6, 6.07) is 4.03. The molecule has 1 aromatic rings. The predicted octanol–water partition coefficient (Wildman–Crippen LogP) is 1.91. The number of halogens is 1. The normalized spacial score (nSPS) is 26.7. The molecule has 15 heavy (non-hydrogen) atoms. The Hall–Kier alpha value is -0.800. The summed E-state index contributed by atoms with van der Waals surface area (Å²) in [7, 11) is 0. The molecule has 1 aliphatic heterocycles. The van der Waals surface area contributed by atoms with Crippen LogP contribution in [0.25, 0.3) is 0 Å². The Morgan fingerprint density at radius 2 is 2.20 bits per heavy atom. The van der Waals surface area contributed by atoms with Gasteiger partial charge in [-0.3, -0.25) is 4.98 Å². The minimum absolute atomic E-state index is 0.128. The van der Waals surface area contributed by atoms with Crippen molar-refractivity contribution < 1.29 is 4.74 Å². The van der Waals surface area contributed by atoms with Gasteiger partial charge in [-0.15, -0.1) is 11.6 Å². The fourth-order valence-electron chi connectivity index (χ4n) is 1.90. The standard InChI is InChI=1S/C11H15ClN2O/c1-9-7-14(8-11(6-12)15-9)10-2-4-13-5-3-10/h2-5,9,11H,6-8H2,1H3. The summed E-state index contributed by atoms with van der Waals surface area (Å²) < 4.78 is 5.70. The third-order valence-electron chi connectivity index (χ3n) is 2.53. The molecule has 2 unspecified atom stereocenters. The van der Waals surface area contributed by atoms with Crippen LogP contribution in [0.15, 0.2) is 24.5 Å². The Labute approximate surface area is 95.0 Å². The van der Waals surface area contributed by atoms with Crippen LogP contribution in [0.4, 0.5) is 5.69 Å². The number of anilines is 1. The molecular formula is C11H15ClN2O. The second-order valence-corrected chi connectivity index (χ2v) is 4.14. The van der Waals surface area contributed by atoms with E-state index in [4.69, 9.17) is 16.3 Å². The van der Waals surface area contributed by atoms with Gasteiger partial charge in [0.15, 0.2) is 0 Å². The second-order valence-electron chi connectivity index (χ2n) is 3.83. The van der Waals surface area contributed by atoms with Crippen LogP contribution in [0.2, 0.25) is 0 Å². The van der Waals surface area contributed by atoms with Crippen molar-refractivity contribution in [3.8, 4) is 0 Å². The molecule has 2 heterocycles. The predicted molar refractivity (Wildman–Crippen MR) is 61.5 cm³/mol. The maximum atomic E-state index is 5.83. The van der Waals surface area contributed by atoms with E-state index in [-0.39, 0.29) is 12.2 Å². The number of hydrogen-bond acceptors (Lipinski definition) is 3. The van der Waals surface area contributed by atoms with Crippen LogP contribution in [-0.4, -0.2) is 36.2 Å². The Morgan fingerprint density at radius 1 is 1.47 bits per heavy atom. The summed E-state index contributed by atoms with van der Waals surface area (Å²) >= 11 is 5.83. The second kappa shape index (κ2) is 4.81. The summed E-state index contributed by atoms with van der Waals surface area (Å²) in [5.74, 6) is 0.548. The van der Waals surface area contributed by atoms with Crippen LogP contribution in [-0.2, 0) is 4.74 Å². The molecule has 1 aliphatic rings. The van der Waals surface area contributed by atoms with E-state index in [9.17, 15) is 0 Å². The number of aromatic nitrogens is 1. The zero-order valence-electron chi connectivity index (χ0n) is 8.77. The molecule has 0 N–H and O–H groups in total. The molecule has 3 nitrogen and oxygen atoms in total. The van der Waals surface area contributed by atoms with Gasteiger partial charge in [-0.05, 0) is 19.1 Å². The molecule has 1 saturated heterocycles. The van der Waals surface area contributed by atoms with E-state index in [1.807, 2.05) is 24.5 Å². The zero-order chi connectivity index (χ0) is 10.7. The monoisotopic (exact) mass is 226 g/mol. The molecular weight excluding hydrogens is 212 g/mol. The molecule has 0 radical (unpaired) electrons. The van der Waals surface area contributed by atoms with Crippen molar-refractivity contribution in [3.63, 3.8) is 0 Å². The number of rotatable bonds is 2. The highest BCUT2D eigenvalue weighted by molar-refractivity contribution is 6.18. The van der Waals surface area contributed by atoms with Gasteiger partial charge in [0.1, 0.15) is 0 Å². The number of alkyl halides is 1. The number of hydrogen-bond donors (Lipinski definition) is 0. The van der Waals surface area contributed by atoms with Crippen molar-refractivity contribution >= 4 is 17.3 Å². The van der Waals surface area contributed by atoms with Gasteiger partial charge < -0.3 is 9.64 Å². The molecule has 1 fully saturated rings. The first-order chi connectivity index (χ1) is 7.29. The Kier molecular flexibility index (Phi) is 3.44. The fourth-order valence-corrected chi connectivity index (χ4v) is 2.07. The lowest BCUT2D eigenvalue weighted by Crippen LogP contribution is -2.47. The Balaban J connectivity index is 2.09. The van der Waals surface area contributed by atoms with Gasteiger partial charge in [0.25, 0.3) is 0 Å². The molecule has 0 amide bonds. The first kappa shape index (κ1) is 10.7. The zero-order valence-corrected chi connectivity index (χ0v) is 9.52. The van der Waals surface area contributed by atoms with Crippen molar-refractivity contribution in [2.75, 3.05) is 23.9 Å². The van der Waals surface area contributed by atoms with Gasteiger partial charge in [-0.1, -0.05) is 0 Å². The molecule has 82 valence electrons. The van der Waals surface area contributed by atoms with E-state index >= 15 is 0 Å². The highest BCUT2D eigenvalue weighted by Crippen LogP contribution is 2.19. The lowest BCUT2D eigenvalue weighted by Gasteiger charge is -2.37. The van der Waals surface area contributed by atoms with Gasteiger partial charge in [0, 0.05) is 31.2 Å². The third-order valence-corrected chi connectivity index (χ3v) is 2.87. The Bertz CT molecular complexity index is 307. The molecule has 0 spiro atoms. The number of ether oxygens (including phenoxy) is 1. The Morgan fingerprint density at radius 3 is 2.87 bits per heavy atom. The van der Waals surface area contributed by atoms with Crippen molar-refractivity contribution in [1.82, 2.24) is 4.98 Å². The molecule has 2 rings (SSSR count). The van der Waals surface area contributed by atoms with Crippen molar-refractivity contribution in [1.29, 1.82) is 0 Å². The van der Waals surface area contributed by atoms with Gasteiger partial charge in [-0.2, -0.15) is 0 Å². The summed E-state index contributed by atoms with van der Waals surface area (Å²) in [5, 5.41) is 0. The molecule has 0 bridgehead atoms. The topological polar surface area (TPSA) is 25.4 Å². The van der Waals surface area contributed by atoms with E-state index in [0.29, 0.717) is 5.88 Å². The minimum atomic E-state index is 0.128. The summed E-state index contributed by atoms with van der Waals surface area (Å²) in [5.41, 5.74) is 1.19. The largest absolute Gasteiger partial charge is 0.370 e. The average Bonchev–Trinajstić information content (AvgIpc) is 2.29.